The third-order valence-corrected chi connectivity index (χ3v) is 3.53. The predicted octanol–water partition coefficient (Wildman–Crippen LogP) is 2.21. The number of rotatable bonds is 2. The molecule has 0 saturated carbocycles. The first kappa shape index (κ1) is 10.7. The molecule has 5 heteroatoms. The second-order valence-electron chi connectivity index (χ2n) is 4.08. The third kappa shape index (κ3) is 1.91. The van der Waals surface area contributed by atoms with Crippen molar-refractivity contribution in [1.29, 1.82) is 0 Å². The summed E-state index contributed by atoms with van der Waals surface area (Å²) >= 11 is 3.35. The largest absolute Gasteiger partial charge is 0.493 e. The lowest BCUT2D eigenvalue weighted by atomic mass is 10.1. The lowest BCUT2D eigenvalue weighted by molar-refractivity contribution is 0.357. The molecule has 3 rings (SSSR count). The van der Waals surface area contributed by atoms with Crippen molar-refractivity contribution in [1.82, 2.24) is 9.78 Å². The smallest absolute Gasteiger partial charge is 0.136 e. The van der Waals surface area contributed by atoms with E-state index in [1.807, 2.05) is 6.07 Å². The summed E-state index contributed by atoms with van der Waals surface area (Å²) < 4.78 is 8.09. The summed E-state index contributed by atoms with van der Waals surface area (Å²) in [7, 11) is 0. The zero-order valence-electron chi connectivity index (χ0n) is 9.19. The van der Waals surface area contributed by atoms with Gasteiger partial charge < -0.3 is 10.5 Å². The quantitative estimate of drug-likeness (QED) is 0.924. The van der Waals surface area contributed by atoms with Gasteiger partial charge in [-0.05, 0) is 33.1 Å². The number of nitrogen functional groups attached to an aromatic ring is 1. The van der Waals surface area contributed by atoms with Gasteiger partial charge in [0, 0.05) is 6.42 Å². The number of nitrogens with zero attached hydrogens (tertiary/aromatic N) is 2. The summed E-state index contributed by atoms with van der Waals surface area (Å²) in [5.74, 6) is 1.66. The summed E-state index contributed by atoms with van der Waals surface area (Å²) in [6.07, 6.45) is 2.70. The maximum absolute atomic E-state index is 5.89. The van der Waals surface area contributed by atoms with Crippen LogP contribution in [0.1, 0.15) is 11.1 Å². The standard InChI is InChI=1S/C12H12BrN3O/c13-10-6-15-16(12(10)14)7-8-1-2-11-9(5-8)3-4-17-11/h1-2,5-6H,3-4,7,14H2. The molecule has 0 unspecified atom stereocenters. The van der Waals surface area contributed by atoms with E-state index in [-0.39, 0.29) is 0 Å². The predicted molar refractivity (Wildman–Crippen MR) is 69.1 cm³/mol. The molecule has 1 aliphatic rings. The molecule has 1 aromatic heterocycles. The van der Waals surface area contributed by atoms with Crippen molar-refractivity contribution >= 4 is 21.7 Å². The maximum Gasteiger partial charge on any atom is 0.136 e. The number of fused-ring (bicyclic) bond motifs is 1. The second kappa shape index (κ2) is 4.07. The Bertz CT molecular complexity index is 565. The summed E-state index contributed by atoms with van der Waals surface area (Å²) in [6, 6.07) is 6.24. The van der Waals surface area contributed by atoms with E-state index in [4.69, 9.17) is 10.5 Å². The molecule has 0 amide bonds. The van der Waals surface area contributed by atoms with Crippen LogP contribution in [0.2, 0.25) is 0 Å². The van der Waals surface area contributed by atoms with Crippen molar-refractivity contribution in [2.75, 3.05) is 12.3 Å². The minimum absolute atomic E-state index is 0.654. The Morgan fingerprint density at radius 3 is 3.12 bits per heavy atom. The number of benzene rings is 1. The van der Waals surface area contributed by atoms with Gasteiger partial charge in [0.1, 0.15) is 11.6 Å². The number of hydrogen-bond acceptors (Lipinski definition) is 3. The summed E-state index contributed by atoms with van der Waals surface area (Å²) in [5.41, 5.74) is 8.35. The average molecular weight is 294 g/mol. The Balaban J connectivity index is 1.88. The highest BCUT2D eigenvalue weighted by Gasteiger charge is 2.13. The minimum Gasteiger partial charge on any atom is -0.493 e. The molecule has 0 bridgehead atoms. The molecule has 0 atom stereocenters. The molecule has 2 aromatic rings. The van der Waals surface area contributed by atoms with Crippen molar-refractivity contribution < 1.29 is 4.74 Å². The van der Waals surface area contributed by atoms with Crippen LogP contribution in [-0.4, -0.2) is 16.4 Å². The van der Waals surface area contributed by atoms with Crippen LogP contribution in [0, 0.1) is 0 Å². The highest BCUT2D eigenvalue weighted by Crippen LogP contribution is 2.26. The summed E-state index contributed by atoms with van der Waals surface area (Å²) in [6.45, 7) is 1.47. The fourth-order valence-electron chi connectivity index (χ4n) is 2.01. The van der Waals surface area contributed by atoms with Crippen molar-refractivity contribution in [3.63, 3.8) is 0 Å². The number of aromatic nitrogens is 2. The molecule has 2 N–H and O–H groups in total. The number of hydrogen-bond donors (Lipinski definition) is 1. The zero-order valence-corrected chi connectivity index (χ0v) is 10.8. The Labute approximate surface area is 108 Å². The third-order valence-electron chi connectivity index (χ3n) is 2.92. The summed E-state index contributed by atoms with van der Waals surface area (Å²) in [4.78, 5) is 0. The van der Waals surface area contributed by atoms with Gasteiger partial charge in [-0.25, -0.2) is 4.68 Å². The fourth-order valence-corrected chi connectivity index (χ4v) is 2.31. The number of nitrogens with two attached hydrogens (primary N) is 1. The van der Waals surface area contributed by atoms with E-state index in [0.29, 0.717) is 12.4 Å². The van der Waals surface area contributed by atoms with Crippen LogP contribution in [0.15, 0.2) is 28.9 Å². The Hall–Kier alpha value is -1.49. The first-order valence-electron chi connectivity index (χ1n) is 5.45. The minimum atomic E-state index is 0.654. The molecule has 1 aromatic carbocycles. The monoisotopic (exact) mass is 293 g/mol. The van der Waals surface area contributed by atoms with E-state index in [2.05, 4.69) is 33.2 Å². The molecular formula is C12H12BrN3O. The van der Waals surface area contributed by atoms with E-state index < -0.39 is 0 Å². The van der Waals surface area contributed by atoms with Crippen molar-refractivity contribution in [2.24, 2.45) is 0 Å². The van der Waals surface area contributed by atoms with Crippen molar-refractivity contribution in [3.05, 3.63) is 40.0 Å². The van der Waals surface area contributed by atoms with Gasteiger partial charge >= 0.3 is 0 Å². The van der Waals surface area contributed by atoms with Crippen LogP contribution in [0.25, 0.3) is 0 Å². The van der Waals surface area contributed by atoms with Crippen molar-refractivity contribution in [2.45, 2.75) is 13.0 Å². The topological polar surface area (TPSA) is 53.1 Å². The molecule has 0 radical (unpaired) electrons. The highest BCUT2D eigenvalue weighted by molar-refractivity contribution is 9.10. The van der Waals surface area contributed by atoms with E-state index in [9.17, 15) is 0 Å². The second-order valence-corrected chi connectivity index (χ2v) is 4.93. The average Bonchev–Trinajstić information content (AvgIpc) is 2.90. The van der Waals surface area contributed by atoms with Gasteiger partial charge in [0.2, 0.25) is 0 Å². The fraction of sp³-hybridized carbons (Fsp3) is 0.250. The van der Waals surface area contributed by atoms with Gasteiger partial charge in [-0.1, -0.05) is 12.1 Å². The number of anilines is 1. The lowest BCUT2D eigenvalue weighted by Crippen LogP contribution is -2.06. The molecule has 0 spiro atoms. The number of halogens is 1. The first-order chi connectivity index (χ1) is 8.24. The van der Waals surface area contributed by atoms with Crippen LogP contribution in [0.5, 0.6) is 5.75 Å². The normalized spacial score (nSPS) is 13.5. The number of ether oxygens (including phenoxy) is 1. The van der Waals surface area contributed by atoms with Gasteiger partial charge in [0.25, 0.3) is 0 Å². The molecule has 2 heterocycles. The highest BCUT2D eigenvalue weighted by atomic mass is 79.9. The van der Waals surface area contributed by atoms with E-state index in [1.54, 1.807) is 10.9 Å². The van der Waals surface area contributed by atoms with Gasteiger partial charge in [0.05, 0.1) is 23.8 Å². The Morgan fingerprint density at radius 2 is 2.35 bits per heavy atom. The first-order valence-corrected chi connectivity index (χ1v) is 6.25. The molecule has 4 nitrogen and oxygen atoms in total. The SMILES string of the molecule is Nc1c(Br)cnn1Cc1ccc2c(c1)CCO2. The molecule has 17 heavy (non-hydrogen) atoms. The van der Waals surface area contributed by atoms with E-state index in [0.717, 1.165) is 23.2 Å². The van der Waals surface area contributed by atoms with E-state index in [1.165, 1.54) is 11.1 Å². The lowest BCUT2D eigenvalue weighted by Gasteiger charge is -2.06. The van der Waals surface area contributed by atoms with Crippen LogP contribution in [0.3, 0.4) is 0 Å². The van der Waals surface area contributed by atoms with Crippen LogP contribution < -0.4 is 10.5 Å². The zero-order chi connectivity index (χ0) is 11.8. The molecule has 88 valence electrons. The Kier molecular flexibility index (Phi) is 2.55. The maximum atomic E-state index is 5.89. The van der Waals surface area contributed by atoms with Crippen molar-refractivity contribution in [3.8, 4) is 5.75 Å². The molecule has 1 aliphatic heterocycles. The molecule has 0 aliphatic carbocycles. The van der Waals surface area contributed by atoms with Gasteiger partial charge in [-0.15, -0.1) is 0 Å². The van der Waals surface area contributed by atoms with Crippen LogP contribution in [-0.2, 0) is 13.0 Å². The molecule has 0 saturated heterocycles. The van der Waals surface area contributed by atoms with Crippen LogP contribution in [0.4, 0.5) is 5.82 Å². The van der Waals surface area contributed by atoms with Crippen LogP contribution >= 0.6 is 15.9 Å². The van der Waals surface area contributed by atoms with Gasteiger partial charge in [0.15, 0.2) is 0 Å². The van der Waals surface area contributed by atoms with Gasteiger partial charge in [-0.3, -0.25) is 0 Å². The molecule has 0 fully saturated rings. The van der Waals surface area contributed by atoms with Gasteiger partial charge in [-0.2, -0.15) is 5.10 Å². The Morgan fingerprint density at radius 1 is 1.47 bits per heavy atom. The molecular weight excluding hydrogens is 282 g/mol. The summed E-state index contributed by atoms with van der Waals surface area (Å²) in [5, 5.41) is 4.22. The van der Waals surface area contributed by atoms with E-state index >= 15 is 0 Å².